The lowest BCUT2D eigenvalue weighted by molar-refractivity contribution is 0.415. The number of rotatable bonds is 3. The van der Waals surface area contributed by atoms with Crippen LogP contribution in [0, 0.1) is 11.3 Å². The number of hydrogen-bond donors (Lipinski definition) is 2. The fraction of sp³-hybridized carbons (Fsp3) is 0.0556. The summed E-state index contributed by atoms with van der Waals surface area (Å²) in [5, 5.41) is 21.6. The summed E-state index contributed by atoms with van der Waals surface area (Å²) in [5.74, 6) is 0.726. The molecular formula is C18H13N5O. The van der Waals surface area contributed by atoms with Crippen LogP contribution in [0.5, 0.6) is 5.75 Å². The number of benzene rings is 2. The van der Waals surface area contributed by atoms with Gasteiger partial charge in [-0.3, -0.25) is 10.1 Å². The lowest BCUT2D eigenvalue weighted by Gasteiger charge is -2.12. The van der Waals surface area contributed by atoms with Gasteiger partial charge in [-0.05, 0) is 30.3 Å². The Morgan fingerprint density at radius 2 is 2.08 bits per heavy atom. The molecule has 116 valence electrons. The number of H-pyrrole nitrogens is 1. The normalized spacial score (nSPS) is 10.7. The van der Waals surface area contributed by atoms with E-state index >= 15 is 0 Å². The van der Waals surface area contributed by atoms with E-state index < -0.39 is 0 Å². The van der Waals surface area contributed by atoms with Gasteiger partial charge < -0.3 is 10.1 Å². The summed E-state index contributed by atoms with van der Waals surface area (Å²) < 4.78 is 5.24. The Bertz CT molecular complexity index is 1090. The number of fused-ring (bicyclic) bond motifs is 2. The molecule has 4 rings (SSSR count). The van der Waals surface area contributed by atoms with Gasteiger partial charge in [0, 0.05) is 28.7 Å². The highest BCUT2D eigenvalue weighted by Crippen LogP contribution is 2.31. The molecular weight excluding hydrogens is 302 g/mol. The van der Waals surface area contributed by atoms with Crippen molar-refractivity contribution in [2.75, 3.05) is 12.4 Å². The van der Waals surface area contributed by atoms with Crippen molar-refractivity contribution >= 4 is 33.2 Å². The van der Waals surface area contributed by atoms with Gasteiger partial charge in [0.15, 0.2) is 0 Å². The Labute approximate surface area is 137 Å². The first kappa shape index (κ1) is 14.0. The second-order valence-corrected chi connectivity index (χ2v) is 5.34. The van der Waals surface area contributed by atoms with Gasteiger partial charge in [0.2, 0.25) is 0 Å². The van der Waals surface area contributed by atoms with Crippen LogP contribution in [0.4, 0.5) is 11.4 Å². The molecule has 2 heterocycles. The van der Waals surface area contributed by atoms with E-state index in [1.165, 1.54) is 0 Å². The van der Waals surface area contributed by atoms with Crippen LogP contribution in [0.15, 0.2) is 48.8 Å². The second kappa shape index (κ2) is 5.56. The van der Waals surface area contributed by atoms with Gasteiger partial charge in [-0.2, -0.15) is 10.4 Å². The van der Waals surface area contributed by atoms with E-state index in [9.17, 15) is 5.26 Å². The van der Waals surface area contributed by atoms with Gasteiger partial charge in [0.25, 0.3) is 0 Å². The highest BCUT2D eigenvalue weighted by Gasteiger charge is 2.10. The maximum absolute atomic E-state index is 9.42. The number of aromatic nitrogens is 3. The Hall–Kier alpha value is -3.59. The number of nitrogens with one attached hydrogen (secondary N) is 2. The fourth-order valence-electron chi connectivity index (χ4n) is 2.68. The quantitative estimate of drug-likeness (QED) is 0.601. The zero-order valence-corrected chi connectivity index (χ0v) is 12.9. The van der Waals surface area contributed by atoms with Crippen LogP contribution in [0.25, 0.3) is 21.8 Å². The Kier molecular flexibility index (Phi) is 3.25. The highest BCUT2D eigenvalue weighted by atomic mass is 16.5. The molecule has 0 spiro atoms. The smallest absolute Gasteiger partial charge is 0.121 e. The second-order valence-electron chi connectivity index (χ2n) is 5.34. The monoisotopic (exact) mass is 315 g/mol. The number of anilines is 2. The van der Waals surface area contributed by atoms with Crippen LogP contribution in [-0.2, 0) is 0 Å². The maximum atomic E-state index is 9.42. The molecule has 0 radical (unpaired) electrons. The van der Waals surface area contributed by atoms with Crippen LogP contribution < -0.4 is 10.1 Å². The van der Waals surface area contributed by atoms with Crippen molar-refractivity contribution in [1.29, 1.82) is 5.26 Å². The average Bonchev–Trinajstić information content (AvgIpc) is 3.09. The fourth-order valence-corrected chi connectivity index (χ4v) is 2.68. The van der Waals surface area contributed by atoms with Crippen molar-refractivity contribution in [1.82, 2.24) is 15.2 Å². The molecule has 6 nitrogen and oxygen atoms in total. The third-order valence-corrected chi connectivity index (χ3v) is 3.91. The molecule has 4 aromatic rings. The van der Waals surface area contributed by atoms with E-state index in [4.69, 9.17) is 4.74 Å². The van der Waals surface area contributed by atoms with Gasteiger partial charge in [-0.1, -0.05) is 0 Å². The summed E-state index contributed by atoms with van der Waals surface area (Å²) in [5.41, 5.74) is 3.77. The molecule has 0 amide bonds. The molecule has 6 heteroatoms. The minimum Gasteiger partial charge on any atom is -0.497 e. The first-order valence-electron chi connectivity index (χ1n) is 7.35. The van der Waals surface area contributed by atoms with Crippen LogP contribution in [0.3, 0.4) is 0 Å². The lowest BCUT2D eigenvalue weighted by Crippen LogP contribution is -1.97. The van der Waals surface area contributed by atoms with Crippen molar-refractivity contribution in [3.63, 3.8) is 0 Å². The van der Waals surface area contributed by atoms with Gasteiger partial charge in [-0.15, -0.1) is 0 Å². The summed E-state index contributed by atoms with van der Waals surface area (Å²) >= 11 is 0. The van der Waals surface area contributed by atoms with Crippen molar-refractivity contribution in [3.8, 4) is 11.8 Å². The van der Waals surface area contributed by atoms with Crippen molar-refractivity contribution in [2.45, 2.75) is 0 Å². The summed E-state index contributed by atoms with van der Waals surface area (Å²) in [4.78, 5) is 4.35. The van der Waals surface area contributed by atoms with E-state index in [1.54, 1.807) is 19.5 Å². The molecule has 0 aliphatic heterocycles. The molecule has 0 saturated heterocycles. The third-order valence-electron chi connectivity index (χ3n) is 3.91. The van der Waals surface area contributed by atoms with Crippen LogP contribution in [0.1, 0.15) is 5.56 Å². The number of ether oxygens (including phenoxy) is 1. The minimum absolute atomic E-state index is 0.484. The van der Waals surface area contributed by atoms with Crippen molar-refractivity contribution in [3.05, 3.63) is 54.4 Å². The number of methoxy groups -OCH3 is 1. The van der Waals surface area contributed by atoms with Gasteiger partial charge in [0.1, 0.15) is 11.8 Å². The predicted molar refractivity (Wildman–Crippen MR) is 92.4 cm³/mol. The van der Waals surface area contributed by atoms with Gasteiger partial charge in [0.05, 0.1) is 35.6 Å². The van der Waals surface area contributed by atoms with Crippen LogP contribution >= 0.6 is 0 Å². The molecule has 2 aromatic heterocycles. The molecule has 2 aromatic carbocycles. The van der Waals surface area contributed by atoms with Crippen molar-refractivity contribution in [2.24, 2.45) is 0 Å². The van der Waals surface area contributed by atoms with E-state index in [-0.39, 0.29) is 0 Å². The number of nitrogens with zero attached hydrogens (tertiary/aromatic N) is 3. The Morgan fingerprint density at radius 1 is 1.17 bits per heavy atom. The van der Waals surface area contributed by atoms with Crippen LogP contribution in [0.2, 0.25) is 0 Å². The lowest BCUT2D eigenvalue weighted by atomic mass is 10.1. The molecule has 0 unspecified atom stereocenters. The number of aromatic amines is 1. The molecule has 24 heavy (non-hydrogen) atoms. The molecule has 2 N–H and O–H groups in total. The molecule has 0 atom stereocenters. The third kappa shape index (κ3) is 2.29. The van der Waals surface area contributed by atoms with Crippen LogP contribution in [-0.4, -0.2) is 22.3 Å². The summed E-state index contributed by atoms with van der Waals surface area (Å²) in [7, 11) is 1.61. The summed E-state index contributed by atoms with van der Waals surface area (Å²) in [6.45, 7) is 0. The largest absolute Gasteiger partial charge is 0.497 e. The van der Waals surface area contributed by atoms with Gasteiger partial charge in [-0.25, -0.2) is 0 Å². The van der Waals surface area contributed by atoms with E-state index in [0.29, 0.717) is 5.56 Å². The first-order chi connectivity index (χ1) is 11.8. The number of hydrogen-bond acceptors (Lipinski definition) is 5. The zero-order chi connectivity index (χ0) is 16.5. The number of pyridine rings is 1. The Morgan fingerprint density at radius 3 is 2.92 bits per heavy atom. The molecule has 0 saturated carbocycles. The summed E-state index contributed by atoms with van der Waals surface area (Å²) in [6.07, 6.45) is 3.34. The van der Waals surface area contributed by atoms with E-state index in [1.807, 2.05) is 36.4 Å². The van der Waals surface area contributed by atoms with Crippen molar-refractivity contribution < 1.29 is 4.74 Å². The van der Waals surface area contributed by atoms with E-state index in [2.05, 4.69) is 26.6 Å². The minimum atomic E-state index is 0.484. The molecule has 0 aliphatic rings. The predicted octanol–water partition coefficient (Wildman–Crippen LogP) is 3.73. The standard InChI is InChI=1S/C18H13N5O/c1-24-14-4-5-15-17(7-14)20-9-12(8-19)18(15)22-13-3-2-11-10-21-23-16(11)6-13/h2-7,9-10H,1H3,(H,20,22)(H,21,23). The Balaban J connectivity index is 1.85. The number of nitriles is 1. The SMILES string of the molecule is COc1ccc2c(Nc3ccc4cn[nH]c4c3)c(C#N)cnc2c1. The first-order valence-corrected chi connectivity index (χ1v) is 7.35. The summed E-state index contributed by atoms with van der Waals surface area (Å²) in [6, 6.07) is 13.7. The topological polar surface area (TPSA) is 86.6 Å². The maximum Gasteiger partial charge on any atom is 0.121 e. The molecule has 0 bridgehead atoms. The van der Waals surface area contributed by atoms with E-state index in [0.717, 1.165) is 38.9 Å². The highest BCUT2D eigenvalue weighted by molar-refractivity contribution is 5.97. The van der Waals surface area contributed by atoms with Gasteiger partial charge >= 0.3 is 0 Å². The zero-order valence-electron chi connectivity index (χ0n) is 12.9. The molecule has 0 fully saturated rings. The average molecular weight is 315 g/mol. The molecule has 0 aliphatic carbocycles.